The van der Waals surface area contributed by atoms with Crippen LogP contribution in [0.2, 0.25) is 5.02 Å². The van der Waals surface area contributed by atoms with Crippen molar-refractivity contribution in [2.24, 2.45) is 0 Å². The van der Waals surface area contributed by atoms with Crippen molar-refractivity contribution in [3.8, 4) is 0 Å². The number of hydrogen-bond acceptors (Lipinski definition) is 7. The van der Waals surface area contributed by atoms with Gasteiger partial charge in [0.15, 0.2) is 5.88 Å². The standard InChI is InChI=1S/C26H18ClNO6S4.2C2H4/c27-16-6-9-22-21(11-16)28(14-38(32,33)34)25(36-22)12-24-20(13-37(29,30)31)26-19-7-5-15-3-1-2-4-17(15)18(19)8-10-23(26)35-24;2*1-2/h1-12H,13-14H2,(H,29,30,31)(H,32,33,34);2*1-2H2. The minimum absolute atomic E-state index is 0.401. The molecule has 4 aromatic carbocycles. The quantitative estimate of drug-likeness (QED) is 0.110. The summed E-state index contributed by atoms with van der Waals surface area (Å²) in [5, 5.41) is 5.46. The second-order valence-electron chi connectivity index (χ2n) is 8.83. The number of benzene rings is 4. The van der Waals surface area contributed by atoms with E-state index in [4.69, 9.17) is 11.6 Å². The van der Waals surface area contributed by atoms with E-state index in [-0.39, 0.29) is 0 Å². The molecule has 2 N–H and O–H groups in total. The Kier molecular flexibility index (Phi) is 9.53. The smallest absolute Gasteiger partial charge is 0.283 e. The van der Waals surface area contributed by atoms with Crippen molar-refractivity contribution >= 4 is 98.3 Å². The highest BCUT2D eigenvalue weighted by Crippen LogP contribution is 2.49. The average Bonchev–Trinajstić information content (AvgIpc) is 3.46. The first-order chi connectivity index (χ1) is 20.0. The van der Waals surface area contributed by atoms with Crippen LogP contribution >= 0.6 is 34.7 Å². The maximum Gasteiger partial charge on any atom is 0.283 e. The van der Waals surface area contributed by atoms with Gasteiger partial charge in [0.25, 0.3) is 20.2 Å². The summed E-state index contributed by atoms with van der Waals surface area (Å²) in [6.07, 6.45) is 1.70. The molecule has 0 unspecified atom stereocenters. The second kappa shape index (κ2) is 12.6. The summed E-state index contributed by atoms with van der Waals surface area (Å²) in [4.78, 5) is 2.72. The molecule has 5 aromatic rings. The topological polar surface area (TPSA) is 112 Å². The van der Waals surface area contributed by atoms with Crippen molar-refractivity contribution in [1.29, 1.82) is 0 Å². The molecule has 218 valence electrons. The van der Waals surface area contributed by atoms with Crippen molar-refractivity contribution in [2.45, 2.75) is 10.6 Å². The Labute approximate surface area is 257 Å². The number of nitrogens with zero attached hydrogens (tertiary/aromatic N) is 1. The van der Waals surface area contributed by atoms with Gasteiger partial charge in [-0.1, -0.05) is 65.8 Å². The highest BCUT2D eigenvalue weighted by atomic mass is 35.5. The first kappa shape index (κ1) is 31.8. The van der Waals surface area contributed by atoms with Crippen molar-refractivity contribution in [3.05, 3.63) is 114 Å². The number of hydrogen-bond donors (Lipinski definition) is 2. The van der Waals surface area contributed by atoms with Gasteiger partial charge in [0.1, 0.15) is 5.75 Å². The highest BCUT2D eigenvalue weighted by Gasteiger charge is 2.30. The first-order valence-electron chi connectivity index (χ1n) is 12.2. The van der Waals surface area contributed by atoms with E-state index in [9.17, 15) is 25.9 Å². The predicted molar refractivity (Wildman–Crippen MR) is 179 cm³/mol. The fourth-order valence-corrected chi connectivity index (χ4v) is 8.74. The van der Waals surface area contributed by atoms with Crippen LogP contribution in [0.5, 0.6) is 0 Å². The average molecular weight is 660 g/mol. The summed E-state index contributed by atoms with van der Waals surface area (Å²) in [5.74, 6) is -1.31. The van der Waals surface area contributed by atoms with Crippen molar-refractivity contribution in [1.82, 2.24) is 0 Å². The molecule has 0 radical (unpaired) electrons. The molecule has 1 aromatic heterocycles. The summed E-state index contributed by atoms with van der Waals surface area (Å²) in [6, 6.07) is 20.8. The second-order valence-corrected chi connectivity index (χ2v) is 14.3. The molecule has 42 heavy (non-hydrogen) atoms. The Morgan fingerprint density at radius 2 is 1.52 bits per heavy atom. The van der Waals surface area contributed by atoms with Gasteiger partial charge in [-0.05, 0) is 57.4 Å². The van der Waals surface area contributed by atoms with Gasteiger partial charge in [-0.25, -0.2) is 0 Å². The molecule has 0 saturated heterocycles. The van der Waals surface area contributed by atoms with Gasteiger partial charge >= 0.3 is 0 Å². The van der Waals surface area contributed by atoms with Crippen LogP contribution in [0, 0.1) is 0 Å². The van der Waals surface area contributed by atoms with Crippen LogP contribution in [0.15, 0.2) is 103 Å². The van der Waals surface area contributed by atoms with Gasteiger partial charge in [0.2, 0.25) is 0 Å². The zero-order valence-electron chi connectivity index (χ0n) is 22.2. The van der Waals surface area contributed by atoms with Crippen LogP contribution in [-0.2, 0) is 26.0 Å². The fraction of sp³-hybridized carbons (Fsp3) is 0.0667. The van der Waals surface area contributed by atoms with Gasteiger partial charge < -0.3 is 4.90 Å². The van der Waals surface area contributed by atoms with Crippen LogP contribution in [0.1, 0.15) is 10.4 Å². The largest absolute Gasteiger partial charge is 0.317 e. The molecule has 6 rings (SSSR count). The van der Waals surface area contributed by atoms with E-state index >= 15 is 0 Å². The SMILES string of the molecule is C=C.C=C.O=S(=O)(O)Cc1c(C=C2Sc3ccc(Cl)cc3N2CS(=O)(=O)O)sc2ccc3c4ccccc4ccc3c12. The monoisotopic (exact) mass is 659 g/mol. The maximum atomic E-state index is 12.1. The highest BCUT2D eigenvalue weighted by molar-refractivity contribution is 8.04. The van der Waals surface area contributed by atoms with Crippen molar-refractivity contribution in [3.63, 3.8) is 0 Å². The van der Waals surface area contributed by atoms with Crippen molar-refractivity contribution in [2.75, 3.05) is 10.8 Å². The third-order valence-corrected chi connectivity index (χ3v) is 10.0. The minimum Gasteiger partial charge on any atom is -0.317 e. The molecule has 7 nitrogen and oxygen atoms in total. The van der Waals surface area contributed by atoms with Gasteiger partial charge in [0.05, 0.1) is 10.7 Å². The third-order valence-electron chi connectivity index (χ3n) is 6.27. The number of anilines is 1. The van der Waals surface area contributed by atoms with E-state index in [2.05, 4.69) is 26.3 Å². The Morgan fingerprint density at radius 1 is 0.833 bits per heavy atom. The fourth-order valence-electron chi connectivity index (χ4n) is 4.80. The molecule has 1 aliphatic heterocycles. The van der Waals surface area contributed by atoms with Gasteiger partial charge in [-0.2, -0.15) is 16.8 Å². The Bertz CT molecular complexity index is 2070. The van der Waals surface area contributed by atoms with E-state index in [1.54, 1.807) is 24.3 Å². The zero-order chi connectivity index (χ0) is 30.8. The van der Waals surface area contributed by atoms with Crippen LogP contribution in [-0.4, -0.2) is 31.8 Å². The lowest BCUT2D eigenvalue weighted by Gasteiger charge is -2.18. The molecule has 0 bridgehead atoms. The molecule has 0 saturated carbocycles. The number of halogens is 1. The lowest BCUT2D eigenvalue weighted by Crippen LogP contribution is -2.25. The molecule has 12 heteroatoms. The molecule has 0 spiro atoms. The first-order valence-corrected chi connectivity index (χ1v) is 17.4. The van der Waals surface area contributed by atoms with Crippen LogP contribution in [0.25, 0.3) is 37.7 Å². The molecule has 0 fully saturated rings. The molecular weight excluding hydrogens is 634 g/mol. The lowest BCUT2D eigenvalue weighted by molar-refractivity contribution is 0.480. The van der Waals surface area contributed by atoms with E-state index in [0.717, 1.165) is 31.1 Å². The number of rotatable bonds is 5. The van der Waals surface area contributed by atoms with Gasteiger partial charge in [-0.15, -0.1) is 37.7 Å². The summed E-state index contributed by atoms with van der Waals surface area (Å²) in [5.41, 5.74) is 0.933. The molecule has 0 aliphatic carbocycles. The van der Waals surface area contributed by atoms with Gasteiger partial charge in [-0.3, -0.25) is 9.11 Å². The Morgan fingerprint density at radius 3 is 2.21 bits per heavy atom. The minimum atomic E-state index is -4.41. The van der Waals surface area contributed by atoms with E-state index in [1.165, 1.54) is 28.0 Å². The van der Waals surface area contributed by atoms with Crippen LogP contribution in [0.3, 0.4) is 0 Å². The number of thiophene rings is 1. The zero-order valence-corrected chi connectivity index (χ0v) is 26.2. The molecule has 0 amide bonds. The van der Waals surface area contributed by atoms with Crippen LogP contribution < -0.4 is 4.90 Å². The molecule has 0 atom stereocenters. The van der Waals surface area contributed by atoms with Crippen LogP contribution in [0.4, 0.5) is 5.69 Å². The van der Waals surface area contributed by atoms with E-state index < -0.39 is 31.9 Å². The lowest BCUT2D eigenvalue weighted by atomic mass is 9.98. The molecule has 1 aliphatic rings. The number of fused-ring (bicyclic) bond motifs is 6. The normalized spacial score (nSPS) is 14.0. The summed E-state index contributed by atoms with van der Waals surface area (Å²) < 4.78 is 68.3. The molecule has 2 heterocycles. The molecular formula is C30H26ClNO6S4. The maximum absolute atomic E-state index is 12.1. The summed E-state index contributed by atoms with van der Waals surface area (Å²) in [6.45, 7) is 12.0. The Hall–Kier alpha value is -3.16. The number of thioether (sulfide) groups is 1. The summed E-state index contributed by atoms with van der Waals surface area (Å²) >= 11 is 8.78. The van der Waals surface area contributed by atoms with Gasteiger partial charge in [0, 0.05) is 24.9 Å². The van der Waals surface area contributed by atoms with Crippen molar-refractivity contribution < 1.29 is 25.9 Å². The van der Waals surface area contributed by atoms with E-state index in [1.807, 2.05) is 48.5 Å². The summed E-state index contributed by atoms with van der Waals surface area (Å²) in [7, 11) is -8.81. The Balaban J connectivity index is 0.000000972. The third kappa shape index (κ3) is 6.57. The van der Waals surface area contributed by atoms with E-state index in [0.29, 0.717) is 31.6 Å². The predicted octanol–water partition coefficient (Wildman–Crippen LogP) is 8.61.